The molecule has 33 heavy (non-hydrogen) atoms. The second-order valence-electron chi connectivity index (χ2n) is 8.09. The first-order chi connectivity index (χ1) is 15.7. The fourth-order valence-electron chi connectivity index (χ4n) is 2.74. The number of ether oxygens (including phenoxy) is 6. The standard InChI is InChI=1S/C26H36O7/c1-8-26(6,7)25(27)33-21-13-11-20(12-14-21)32-22-15-16-23(30-18(4)28-9-2)24(17-22)31-19(5)29-10-3/h11-19H,8-10H2,1-7H3. The Morgan fingerprint density at radius 2 is 1.30 bits per heavy atom. The van der Waals surface area contributed by atoms with Gasteiger partial charge in [0.05, 0.1) is 5.41 Å². The maximum atomic E-state index is 12.3. The SMILES string of the molecule is CCOC(C)Oc1ccc(Oc2ccc(OC(=O)C(C)(C)CC)cc2)cc1OC(C)OCC. The third-order valence-corrected chi connectivity index (χ3v) is 5.01. The van der Waals surface area contributed by atoms with Crippen molar-refractivity contribution in [2.45, 2.75) is 67.5 Å². The first-order valence-corrected chi connectivity index (χ1v) is 11.4. The van der Waals surface area contributed by atoms with Crippen molar-refractivity contribution in [2.75, 3.05) is 13.2 Å². The van der Waals surface area contributed by atoms with Crippen molar-refractivity contribution in [1.82, 2.24) is 0 Å². The van der Waals surface area contributed by atoms with E-state index in [1.165, 1.54) is 0 Å². The van der Waals surface area contributed by atoms with E-state index in [-0.39, 0.29) is 5.97 Å². The molecule has 2 aromatic rings. The molecule has 2 aromatic carbocycles. The molecule has 0 radical (unpaired) electrons. The van der Waals surface area contributed by atoms with Crippen LogP contribution in [-0.2, 0) is 14.3 Å². The maximum absolute atomic E-state index is 12.3. The Kier molecular flexibility index (Phi) is 10.0. The first kappa shape index (κ1) is 26.5. The first-order valence-electron chi connectivity index (χ1n) is 11.4. The van der Waals surface area contributed by atoms with Crippen molar-refractivity contribution >= 4 is 5.97 Å². The van der Waals surface area contributed by atoms with Crippen LogP contribution < -0.4 is 18.9 Å². The molecule has 2 atom stereocenters. The van der Waals surface area contributed by atoms with E-state index in [0.29, 0.717) is 48.4 Å². The number of hydrogen-bond donors (Lipinski definition) is 0. The van der Waals surface area contributed by atoms with Crippen LogP contribution >= 0.6 is 0 Å². The minimum Gasteiger partial charge on any atom is -0.461 e. The summed E-state index contributed by atoms with van der Waals surface area (Å²) in [5.74, 6) is 2.35. The fraction of sp³-hybridized carbons (Fsp3) is 0.500. The molecule has 7 heteroatoms. The van der Waals surface area contributed by atoms with Gasteiger partial charge in [0.25, 0.3) is 0 Å². The molecule has 0 aliphatic carbocycles. The highest BCUT2D eigenvalue weighted by Crippen LogP contribution is 2.35. The lowest BCUT2D eigenvalue weighted by atomic mass is 9.91. The molecule has 0 saturated heterocycles. The molecule has 0 aromatic heterocycles. The average Bonchev–Trinajstić information content (AvgIpc) is 2.77. The number of carbonyl (C=O) groups excluding carboxylic acids is 1. The summed E-state index contributed by atoms with van der Waals surface area (Å²) < 4.78 is 34.2. The van der Waals surface area contributed by atoms with Crippen molar-refractivity contribution in [3.8, 4) is 28.7 Å². The van der Waals surface area contributed by atoms with Crippen LogP contribution in [0.2, 0.25) is 0 Å². The minimum atomic E-state index is -0.534. The molecule has 0 spiro atoms. The summed E-state index contributed by atoms with van der Waals surface area (Å²) in [6, 6.07) is 12.2. The van der Waals surface area contributed by atoms with Gasteiger partial charge < -0.3 is 28.4 Å². The zero-order valence-electron chi connectivity index (χ0n) is 20.7. The summed E-state index contributed by atoms with van der Waals surface area (Å²) in [5, 5.41) is 0. The zero-order valence-corrected chi connectivity index (χ0v) is 20.7. The number of esters is 1. The monoisotopic (exact) mass is 460 g/mol. The summed E-state index contributed by atoms with van der Waals surface area (Å²) in [5.41, 5.74) is -0.534. The number of hydrogen-bond acceptors (Lipinski definition) is 7. The quantitative estimate of drug-likeness (QED) is 0.196. The highest BCUT2D eigenvalue weighted by atomic mass is 16.7. The van der Waals surface area contributed by atoms with Gasteiger partial charge in [-0.2, -0.15) is 0 Å². The molecule has 0 fully saturated rings. The van der Waals surface area contributed by atoms with Crippen molar-refractivity contribution in [2.24, 2.45) is 5.41 Å². The fourth-order valence-corrected chi connectivity index (χ4v) is 2.74. The Morgan fingerprint density at radius 1 is 0.788 bits per heavy atom. The van der Waals surface area contributed by atoms with E-state index < -0.39 is 18.0 Å². The number of rotatable bonds is 13. The van der Waals surface area contributed by atoms with Gasteiger partial charge in [-0.15, -0.1) is 0 Å². The van der Waals surface area contributed by atoms with E-state index in [0.717, 1.165) is 0 Å². The van der Waals surface area contributed by atoms with Crippen molar-refractivity contribution in [3.63, 3.8) is 0 Å². The summed E-state index contributed by atoms with van der Waals surface area (Å²) in [7, 11) is 0. The number of benzene rings is 2. The van der Waals surface area contributed by atoms with Gasteiger partial charge in [0, 0.05) is 19.3 Å². The molecule has 0 aliphatic heterocycles. The predicted molar refractivity (Wildman–Crippen MR) is 126 cm³/mol. The lowest BCUT2D eigenvalue weighted by Crippen LogP contribution is -2.28. The molecule has 2 unspecified atom stereocenters. The van der Waals surface area contributed by atoms with Crippen LogP contribution in [0.4, 0.5) is 0 Å². The summed E-state index contributed by atoms with van der Waals surface area (Å²) in [6.07, 6.45) is -0.196. The predicted octanol–water partition coefficient (Wildman–Crippen LogP) is 6.34. The lowest BCUT2D eigenvalue weighted by molar-refractivity contribution is -0.144. The number of carbonyl (C=O) groups is 1. The topological polar surface area (TPSA) is 72.5 Å². The molecule has 0 amide bonds. The van der Waals surface area contributed by atoms with Gasteiger partial charge >= 0.3 is 5.97 Å². The molecule has 0 aliphatic rings. The third kappa shape index (κ3) is 8.26. The summed E-state index contributed by atoms with van der Waals surface area (Å²) >= 11 is 0. The van der Waals surface area contributed by atoms with Gasteiger partial charge in [0.1, 0.15) is 17.2 Å². The maximum Gasteiger partial charge on any atom is 0.316 e. The molecule has 0 bridgehead atoms. The highest BCUT2D eigenvalue weighted by Gasteiger charge is 2.27. The van der Waals surface area contributed by atoms with Crippen LogP contribution in [0, 0.1) is 5.41 Å². The van der Waals surface area contributed by atoms with Crippen LogP contribution in [-0.4, -0.2) is 31.8 Å². The Balaban J connectivity index is 2.15. The van der Waals surface area contributed by atoms with Crippen LogP contribution in [0.15, 0.2) is 42.5 Å². The van der Waals surface area contributed by atoms with Crippen LogP contribution in [0.25, 0.3) is 0 Å². The second-order valence-corrected chi connectivity index (χ2v) is 8.09. The normalized spacial score (nSPS) is 13.2. The second kappa shape index (κ2) is 12.5. The molecule has 7 nitrogen and oxygen atoms in total. The van der Waals surface area contributed by atoms with Gasteiger partial charge in [0.15, 0.2) is 24.1 Å². The smallest absolute Gasteiger partial charge is 0.316 e. The molecular formula is C26H36O7. The van der Waals surface area contributed by atoms with Gasteiger partial charge in [-0.25, -0.2) is 0 Å². The van der Waals surface area contributed by atoms with Crippen LogP contribution in [0.1, 0.15) is 54.9 Å². The summed E-state index contributed by atoms with van der Waals surface area (Å²) in [4.78, 5) is 12.3. The van der Waals surface area contributed by atoms with E-state index in [4.69, 9.17) is 28.4 Å². The highest BCUT2D eigenvalue weighted by molar-refractivity contribution is 5.78. The van der Waals surface area contributed by atoms with Gasteiger partial charge in [0.2, 0.25) is 0 Å². The Labute approximate surface area is 196 Å². The largest absolute Gasteiger partial charge is 0.461 e. The molecule has 0 saturated carbocycles. The molecule has 182 valence electrons. The lowest BCUT2D eigenvalue weighted by Gasteiger charge is -2.21. The van der Waals surface area contributed by atoms with E-state index >= 15 is 0 Å². The van der Waals surface area contributed by atoms with Crippen LogP contribution in [0.5, 0.6) is 28.7 Å². The molecular weight excluding hydrogens is 424 g/mol. The van der Waals surface area contributed by atoms with E-state index in [1.54, 1.807) is 42.5 Å². The Bertz CT molecular complexity index is 877. The van der Waals surface area contributed by atoms with Crippen LogP contribution in [0.3, 0.4) is 0 Å². The van der Waals surface area contributed by atoms with Gasteiger partial charge in [-0.3, -0.25) is 4.79 Å². The van der Waals surface area contributed by atoms with Gasteiger partial charge in [-0.1, -0.05) is 6.92 Å². The van der Waals surface area contributed by atoms with Crippen molar-refractivity contribution in [3.05, 3.63) is 42.5 Å². The minimum absolute atomic E-state index is 0.263. The molecule has 0 heterocycles. The van der Waals surface area contributed by atoms with E-state index in [2.05, 4.69) is 0 Å². The Hall–Kier alpha value is -2.77. The summed E-state index contributed by atoms with van der Waals surface area (Å²) in [6.45, 7) is 14.2. The molecule has 0 N–H and O–H groups in total. The van der Waals surface area contributed by atoms with Crippen molar-refractivity contribution < 1.29 is 33.2 Å². The third-order valence-electron chi connectivity index (χ3n) is 5.01. The van der Waals surface area contributed by atoms with E-state index in [9.17, 15) is 4.79 Å². The molecule has 2 rings (SSSR count). The average molecular weight is 461 g/mol. The zero-order chi connectivity index (χ0) is 24.4. The van der Waals surface area contributed by atoms with Gasteiger partial charge in [-0.05, 0) is 84.4 Å². The Morgan fingerprint density at radius 3 is 1.85 bits per heavy atom. The van der Waals surface area contributed by atoms with Crippen molar-refractivity contribution in [1.29, 1.82) is 0 Å². The van der Waals surface area contributed by atoms with E-state index in [1.807, 2.05) is 48.5 Å².